The van der Waals surface area contributed by atoms with Crippen LogP contribution in [0.25, 0.3) is 0 Å². The minimum absolute atomic E-state index is 0.0704. The van der Waals surface area contributed by atoms with E-state index in [0.29, 0.717) is 6.54 Å². The van der Waals surface area contributed by atoms with Crippen molar-refractivity contribution >= 4 is 17.6 Å². The standard InChI is InChI=1S/C18H25N5O2/c1-11-20-15-4-2-3-14(15)18(21-11)22-7-5-13(6-8-22)23-10-12(17(19)25)9-16(23)24/h12-13H,2-10H2,1H3,(H2,19,25). The third-order valence-electron chi connectivity index (χ3n) is 5.79. The van der Waals surface area contributed by atoms with Gasteiger partial charge in [-0.05, 0) is 39.0 Å². The summed E-state index contributed by atoms with van der Waals surface area (Å²) in [5.74, 6) is 1.33. The second kappa shape index (κ2) is 6.28. The van der Waals surface area contributed by atoms with Crippen LogP contribution < -0.4 is 10.6 Å². The van der Waals surface area contributed by atoms with Crippen molar-refractivity contribution in [2.24, 2.45) is 11.7 Å². The Morgan fingerprint density at radius 2 is 1.96 bits per heavy atom. The number of hydrogen-bond donors (Lipinski definition) is 1. The molecule has 4 rings (SSSR count). The lowest BCUT2D eigenvalue weighted by Crippen LogP contribution is -2.46. The van der Waals surface area contributed by atoms with Crippen LogP contribution >= 0.6 is 0 Å². The molecule has 0 saturated carbocycles. The van der Waals surface area contributed by atoms with Crippen molar-refractivity contribution in [2.75, 3.05) is 24.5 Å². The van der Waals surface area contributed by atoms with Crippen LogP contribution in [0.2, 0.25) is 0 Å². The topological polar surface area (TPSA) is 92.4 Å². The largest absolute Gasteiger partial charge is 0.369 e. The van der Waals surface area contributed by atoms with Crippen LogP contribution in [-0.4, -0.2) is 52.4 Å². The zero-order valence-electron chi connectivity index (χ0n) is 14.7. The molecule has 7 heteroatoms. The number of carbonyl (C=O) groups excluding carboxylic acids is 2. The minimum Gasteiger partial charge on any atom is -0.369 e. The minimum atomic E-state index is -0.361. The molecular weight excluding hydrogens is 318 g/mol. The maximum atomic E-state index is 12.2. The summed E-state index contributed by atoms with van der Waals surface area (Å²) < 4.78 is 0. The Hall–Kier alpha value is -2.18. The normalized spacial score (nSPS) is 24.0. The van der Waals surface area contributed by atoms with E-state index in [1.165, 1.54) is 11.3 Å². The summed E-state index contributed by atoms with van der Waals surface area (Å²) >= 11 is 0. The summed E-state index contributed by atoms with van der Waals surface area (Å²) in [7, 11) is 0. The molecule has 1 aromatic rings. The molecule has 3 heterocycles. The molecule has 7 nitrogen and oxygen atoms in total. The molecule has 3 aliphatic rings. The first-order chi connectivity index (χ1) is 12.0. The van der Waals surface area contributed by atoms with Crippen molar-refractivity contribution in [1.29, 1.82) is 0 Å². The van der Waals surface area contributed by atoms with Crippen molar-refractivity contribution in [2.45, 2.75) is 51.5 Å². The summed E-state index contributed by atoms with van der Waals surface area (Å²) in [6.07, 6.45) is 5.38. The van der Waals surface area contributed by atoms with Gasteiger partial charge in [-0.3, -0.25) is 9.59 Å². The van der Waals surface area contributed by atoms with E-state index in [-0.39, 0.29) is 30.2 Å². The number of anilines is 1. The van der Waals surface area contributed by atoms with Crippen LogP contribution in [-0.2, 0) is 22.4 Å². The highest BCUT2D eigenvalue weighted by Gasteiger charge is 2.38. The Labute approximate surface area is 147 Å². The fraction of sp³-hybridized carbons (Fsp3) is 0.667. The Kier molecular flexibility index (Phi) is 4.09. The van der Waals surface area contributed by atoms with Crippen LogP contribution in [0.3, 0.4) is 0 Å². The van der Waals surface area contributed by atoms with E-state index in [1.807, 2.05) is 11.8 Å². The average Bonchev–Trinajstić information content (AvgIpc) is 3.20. The predicted octanol–water partition coefficient (Wildman–Crippen LogP) is 0.576. The zero-order valence-corrected chi connectivity index (χ0v) is 14.7. The molecule has 1 aromatic heterocycles. The Morgan fingerprint density at radius 3 is 2.64 bits per heavy atom. The van der Waals surface area contributed by atoms with Crippen molar-refractivity contribution in [3.63, 3.8) is 0 Å². The highest BCUT2D eigenvalue weighted by Crippen LogP contribution is 2.32. The van der Waals surface area contributed by atoms with Crippen LogP contribution in [0.5, 0.6) is 0 Å². The van der Waals surface area contributed by atoms with Crippen molar-refractivity contribution < 1.29 is 9.59 Å². The van der Waals surface area contributed by atoms with Gasteiger partial charge < -0.3 is 15.5 Å². The number of rotatable bonds is 3. The van der Waals surface area contributed by atoms with Gasteiger partial charge in [0.25, 0.3) is 0 Å². The number of amides is 2. The maximum Gasteiger partial charge on any atom is 0.223 e. The molecule has 2 fully saturated rings. The summed E-state index contributed by atoms with van der Waals surface area (Å²) in [6, 6.07) is 0.212. The highest BCUT2D eigenvalue weighted by atomic mass is 16.2. The number of hydrogen-bond acceptors (Lipinski definition) is 5. The van der Waals surface area contributed by atoms with Gasteiger partial charge in [-0.15, -0.1) is 0 Å². The van der Waals surface area contributed by atoms with E-state index in [0.717, 1.165) is 56.8 Å². The van der Waals surface area contributed by atoms with E-state index in [4.69, 9.17) is 10.7 Å². The Morgan fingerprint density at radius 1 is 1.20 bits per heavy atom. The van der Waals surface area contributed by atoms with Gasteiger partial charge in [0.2, 0.25) is 11.8 Å². The number of piperidine rings is 1. The Bertz CT molecular complexity index is 712. The average molecular weight is 343 g/mol. The fourth-order valence-corrected chi connectivity index (χ4v) is 4.46. The molecular formula is C18H25N5O2. The monoisotopic (exact) mass is 343 g/mol. The molecule has 25 heavy (non-hydrogen) atoms. The van der Waals surface area contributed by atoms with Crippen LogP contribution in [0.15, 0.2) is 0 Å². The summed E-state index contributed by atoms with van der Waals surface area (Å²) in [5.41, 5.74) is 7.90. The van der Waals surface area contributed by atoms with Crippen LogP contribution in [0, 0.1) is 12.8 Å². The number of carbonyl (C=O) groups is 2. The number of nitrogens with zero attached hydrogens (tertiary/aromatic N) is 4. The SMILES string of the molecule is Cc1nc2c(c(N3CCC(N4CC(C(N)=O)CC4=O)CC3)n1)CCC2. The maximum absolute atomic E-state index is 12.2. The lowest BCUT2D eigenvalue weighted by atomic mass is 10.0. The van der Waals surface area contributed by atoms with Gasteiger partial charge in [0.15, 0.2) is 0 Å². The molecule has 1 atom stereocenters. The van der Waals surface area contributed by atoms with Crippen LogP contribution in [0.1, 0.15) is 42.8 Å². The molecule has 134 valence electrons. The Balaban J connectivity index is 1.44. The first kappa shape index (κ1) is 16.3. The van der Waals surface area contributed by atoms with E-state index in [9.17, 15) is 9.59 Å². The molecule has 0 bridgehead atoms. The van der Waals surface area contributed by atoms with Gasteiger partial charge in [-0.1, -0.05) is 0 Å². The molecule has 2 saturated heterocycles. The second-order valence-corrected chi connectivity index (χ2v) is 7.44. The molecule has 0 aromatic carbocycles. The fourth-order valence-electron chi connectivity index (χ4n) is 4.46. The number of fused-ring (bicyclic) bond motifs is 1. The van der Waals surface area contributed by atoms with Crippen molar-refractivity contribution in [1.82, 2.24) is 14.9 Å². The number of primary amides is 1. The molecule has 0 radical (unpaired) electrons. The molecule has 1 aliphatic carbocycles. The summed E-state index contributed by atoms with van der Waals surface area (Å²) in [6.45, 7) is 4.22. The zero-order chi connectivity index (χ0) is 17.6. The van der Waals surface area contributed by atoms with E-state index in [2.05, 4.69) is 9.88 Å². The first-order valence-electron chi connectivity index (χ1n) is 9.23. The van der Waals surface area contributed by atoms with Crippen molar-refractivity contribution in [3.8, 4) is 0 Å². The van der Waals surface area contributed by atoms with Gasteiger partial charge >= 0.3 is 0 Å². The van der Waals surface area contributed by atoms with Crippen molar-refractivity contribution in [3.05, 3.63) is 17.1 Å². The second-order valence-electron chi connectivity index (χ2n) is 7.44. The quantitative estimate of drug-likeness (QED) is 0.866. The molecule has 0 spiro atoms. The number of likely N-dealkylation sites (tertiary alicyclic amines) is 1. The predicted molar refractivity (Wildman–Crippen MR) is 93.0 cm³/mol. The lowest BCUT2D eigenvalue weighted by Gasteiger charge is -2.38. The third kappa shape index (κ3) is 2.96. The van der Waals surface area contributed by atoms with Gasteiger partial charge in [0, 0.05) is 43.4 Å². The number of nitrogens with two attached hydrogens (primary N) is 1. The molecule has 2 amide bonds. The molecule has 2 aliphatic heterocycles. The lowest BCUT2D eigenvalue weighted by molar-refractivity contribution is -0.130. The van der Waals surface area contributed by atoms with Gasteiger partial charge in [0.1, 0.15) is 11.6 Å². The number of aromatic nitrogens is 2. The van der Waals surface area contributed by atoms with E-state index < -0.39 is 0 Å². The van der Waals surface area contributed by atoms with E-state index in [1.54, 1.807) is 0 Å². The number of aryl methyl sites for hydroxylation is 2. The van der Waals surface area contributed by atoms with Gasteiger partial charge in [0.05, 0.1) is 5.92 Å². The molecule has 1 unspecified atom stereocenters. The van der Waals surface area contributed by atoms with Crippen LogP contribution in [0.4, 0.5) is 5.82 Å². The smallest absolute Gasteiger partial charge is 0.223 e. The highest BCUT2D eigenvalue weighted by molar-refractivity contribution is 5.88. The van der Waals surface area contributed by atoms with Gasteiger partial charge in [-0.2, -0.15) is 0 Å². The molecule has 2 N–H and O–H groups in total. The van der Waals surface area contributed by atoms with E-state index >= 15 is 0 Å². The summed E-state index contributed by atoms with van der Waals surface area (Å²) in [4.78, 5) is 37.1. The first-order valence-corrected chi connectivity index (χ1v) is 9.23. The summed E-state index contributed by atoms with van der Waals surface area (Å²) in [5, 5.41) is 0. The third-order valence-corrected chi connectivity index (χ3v) is 5.79. The van der Waals surface area contributed by atoms with Gasteiger partial charge in [-0.25, -0.2) is 9.97 Å².